The third-order valence-electron chi connectivity index (χ3n) is 4.80. The van der Waals surface area contributed by atoms with E-state index in [0.717, 1.165) is 12.5 Å². The van der Waals surface area contributed by atoms with Crippen molar-refractivity contribution in [2.75, 3.05) is 6.54 Å². The first-order chi connectivity index (χ1) is 9.70. The lowest BCUT2D eigenvalue weighted by Gasteiger charge is -2.25. The number of aryl methyl sites for hydroxylation is 2. The van der Waals surface area contributed by atoms with Crippen molar-refractivity contribution < 1.29 is 0 Å². The summed E-state index contributed by atoms with van der Waals surface area (Å²) in [6.07, 6.45) is 9.97. The predicted octanol–water partition coefficient (Wildman–Crippen LogP) is 5.31. The SMILES string of the molecule is CCNC(CC1CCCCCC1)c1ccc(C)cc1C. The van der Waals surface area contributed by atoms with Gasteiger partial charge in [-0.05, 0) is 43.9 Å². The molecule has 0 amide bonds. The zero-order valence-corrected chi connectivity index (χ0v) is 13.5. The van der Waals surface area contributed by atoms with Gasteiger partial charge in [-0.15, -0.1) is 0 Å². The Kier molecular flexibility index (Phi) is 6.09. The molecule has 1 N–H and O–H groups in total. The van der Waals surface area contributed by atoms with Crippen LogP contribution in [0.3, 0.4) is 0 Å². The lowest BCUT2D eigenvalue weighted by Crippen LogP contribution is -2.24. The highest BCUT2D eigenvalue weighted by molar-refractivity contribution is 5.32. The van der Waals surface area contributed by atoms with Gasteiger partial charge in [-0.25, -0.2) is 0 Å². The molecule has 1 fully saturated rings. The molecule has 1 atom stereocenters. The molecule has 0 heterocycles. The second kappa shape index (κ2) is 7.83. The van der Waals surface area contributed by atoms with Gasteiger partial charge in [0, 0.05) is 6.04 Å². The molecule has 1 nitrogen and oxygen atoms in total. The first-order valence-corrected chi connectivity index (χ1v) is 8.51. The molecular weight excluding hydrogens is 242 g/mol. The molecule has 112 valence electrons. The van der Waals surface area contributed by atoms with Gasteiger partial charge >= 0.3 is 0 Å². The van der Waals surface area contributed by atoms with Crippen LogP contribution in [-0.4, -0.2) is 6.54 Å². The average molecular weight is 273 g/mol. The predicted molar refractivity (Wildman–Crippen MR) is 88.1 cm³/mol. The van der Waals surface area contributed by atoms with Gasteiger partial charge in [0.25, 0.3) is 0 Å². The summed E-state index contributed by atoms with van der Waals surface area (Å²) in [4.78, 5) is 0. The van der Waals surface area contributed by atoms with Crippen LogP contribution in [0.1, 0.15) is 74.6 Å². The van der Waals surface area contributed by atoms with E-state index in [-0.39, 0.29) is 0 Å². The minimum absolute atomic E-state index is 0.545. The van der Waals surface area contributed by atoms with Crippen molar-refractivity contribution >= 4 is 0 Å². The molecule has 0 bridgehead atoms. The average Bonchev–Trinajstić information content (AvgIpc) is 2.67. The minimum Gasteiger partial charge on any atom is -0.310 e. The summed E-state index contributed by atoms with van der Waals surface area (Å²) in [5, 5.41) is 3.73. The molecule has 1 heteroatoms. The smallest absolute Gasteiger partial charge is 0.0325 e. The molecule has 0 aromatic heterocycles. The van der Waals surface area contributed by atoms with E-state index in [1.807, 2.05) is 0 Å². The Morgan fingerprint density at radius 3 is 2.40 bits per heavy atom. The molecule has 1 aromatic rings. The van der Waals surface area contributed by atoms with E-state index < -0.39 is 0 Å². The van der Waals surface area contributed by atoms with E-state index in [0.29, 0.717) is 6.04 Å². The second-order valence-electron chi connectivity index (χ2n) is 6.56. The van der Waals surface area contributed by atoms with E-state index in [2.05, 4.69) is 44.3 Å². The fourth-order valence-electron chi connectivity index (χ4n) is 3.72. The van der Waals surface area contributed by atoms with Crippen LogP contribution in [-0.2, 0) is 0 Å². The summed E-state index contributed by atoms with van der Waals surface area (Å²) >= 11 is 0. The van der Waals surface area contributed by atoms with Crippen molar-refractivity contribution in [1.29, 1.82) is 0 Å². The second-order valence-corrected chi connectivity index (χ2v) is 6.56. The summed E-state index contributed by atoms with van der Waals surface area (Å²) in [6.45, 7) is 7.73. The quantitative estimate of drug-likeness (QED) is 0.716. The zero-order valence-electron chi connectivity index (χ0n) is 13.5. The fraction of sp³-hybridized carbons (Fsp3) is 0.684. The number of rotatable bonds is 5. The topological polar surface area (TPSA) is 12.0 Å². The standard InChI is InChI=1S/C19H31N/c1-4-20-19(14-17-9-7-5-6-8-10-17)18-12-11-15(2)13-16(18)3/h11-13,17,19-20H,4-10,14H2,1-3H3. The molecule has 1 aliphatic carbocycles. The van der Waals surface area contributed by atoms with Crippen molar-refractivity contribution in [3.05, 3.63) is 34.9 Å². The van der Waals surface area contributed by atoms with Crippen molar-refractivity contribution in [2.45, 2.75) is 71.8 Å². The Labute approximate surface area is 125 Å². The van der Waals surface area contributed by atoms with Gasteiger partial charge in [0.15, 0.2) is 0 Å². The number of benzene rings is 1. The van der Waals surface area contributed by atoms with Crippen LogP contribution >= 0.6 is 0 Å². The minimum atomic E-state index is 0.545. The summed E-state index contributed by atoms with van der Waals surface area (Å²) in [5.74, 6) is 0.919. The van der Waals surface area contributed by atoms with Crippen molar-refractivity contribution in [3.63, 3.8) is 0 Å². The number of hydrogen-bond acceptors (Lipinski definition) is 1. The van der Waals surface area contributed by atoms with Gasteiger partial charge in [-0.2, -0.15) is 0 Å². The van der Waals surface area contributed by atoms with E-state index in [9.17, 15) is 0 Å². The first-order valence-electron chi connectivity index (χ1n) is 8.51. The maximum absolute atomic E-state index is 3.73. The van der Waals surface area contributed by atoms with Crippen LogP contribution in [0.25, 0.3) is 0 Å². The zero-order chi connectivity index (χ0) is 14.4. The van der Waals surface area contributed by atoms with Crippen LogP contribution in [0.5, 0.6) is 0 Å². The molecule has 0 radical (unpaired) electrons. The van der Waals surface area contributed by atoms with Gasteiger partial charge in [0.05, 0.1) is 0 Å². The summed E-state index contributed by atoms with van der Waals surface area (Å²) in [5.41, 5.74) is 4.34. The van der Waals surface area contributed by atoms with Crippen LogP contribution in [0.15, 0.2) is 18.2 Å². The highest BCUT2D eigenvalue weighted by Crippen LogP contribution is 2.32. The Bertz CT molecular complexity index is 402. The van der Waals surface area contributed by atoms with Gasteiger partial charge in [0.1, 0.15) is 0 Å². The lowest BCUT2D eigenvalue weighted by molar-refractivity contribution is 0.359. The number of nitrogens with one attached hydrogen (secondary N) is 1. The number of hydrogen-bond donors (Lipinski definition) is 1. The molecule has 20 heavy (non-hydrogen) atoms. The maximum atomic E-state index is 3.73. The van der Waals surface area contributed by atoms with Gasteiger partial charge in [-0.3, -0.25) is 0 Å². The fourth-order valence-corrected chi connectivity index (χ4v) is 3.72. The Hall–Kier alpha value is -0.820. The molecule has 0 aliphatic heterocycles. The molecular formula is C19H31N. The maximum Gasteiger partial charge on any atom is 0.0325 e. The molecule has 1 saturated carbocycles. The van der Waals surface area contributed by atoms with Crippen LogP contribution < -0.4 is 5.32 Å². The monoisotopic (exact) mass is 273 g/mol. The van der Waals surface area contributed by atoms with E-state index >= 15 is 0 Å². The van der Waals surface area contributed by atoms with Crippen LogP contribution in [0.4, 0.5) is 0 Å². The summed E-state index contributed by atoms with van der Waals surface area (Å²) < 4.78 is 0. The Morgan fingerprint density at radius 2 is 1.80 bits per heavy atom. The Morgan fingerprint density at radius 1 is 1.10 bits per heavy atom. The van der Waals surface area contributed by atoms with Crippen LogP contribution in [0, 0.1) is 19.8 Å². The van der Waals surface area contributed by atoms with Crippen molar-refractivity contribution in [1.82, 2.24) is 5.32 Å². The van der Waals surface area contributed by atoms with Crippen molar-refractivity contribution in [3.8, 4) is 0 Å². The molecule has 0 spiro atoms. The van der Waals surface area contributed by atoms with Crippen molar-refractivity contribution in [2.24, 2.45) is 5.92 Å². The van der Waals surface area contributed by atoms with Gasteiger partial charge < -0.3 is 5.32 Å². The highest BCUT2D eigenvalue weighted by Gasteiger charge is 2.20. The molecule has 2 rings (SSSR count). The summed E-state index contributed by atoms with van der Waals surface area (Å²) in [6, 6.07) is 7.48. The van der Waals surface area contributed by atoms with E-state index in [4.69, 9.17) is 0 Å². The Balaban J connectivity index is 2.08. The molecule has 1 aliphatic rings. The largest absolute Gasteiger partial charge is 0.310 e. The van der Waals surface area contributed by atoms with E-state index in [1.54, 1.807) is 0 Å². The first kappa shape index (κ1) is 15.6. The van der Waals surface area contributed by atoms with Gasteiger partial charge in [-0.1, -0.05) is 69.2 Å². The molecule has 0 saturated heterocycles. The third kappa shape index (κ3) is 4.34. The lowest BCUT2D eigenvalue weighted by atomic mass is 9.87. The molecule has 1 aromatic carbocycles. The van der Waals surface area contributed by atoms with E-state index in [1.165, 1.54) is 61.6 Å². The normalized spacial score (nSPS) is 18.8. The molecule has 1 unspecified atom stereocenters. The van der Waals surface area contributed by atoms with Gasteiger partial charge in [0.2, 0.25) is 0 Å². The highest BCUT2D eigenvalue weighted by atomic mass is 14.9. The third-order valence-corrected chi connectivity index (χ3v) is 4.80. The summed E-state index contributed by atoms with van der Waals surface area (Å²) in [7, 11) is 0. The van der Waals surface area contributed by atoms with Crippen LogP contribution in [0.2, 0.25) is 0 Å².